The first-order chi connectivity index (χ1) is 14.4. The molecule has 9 heteroatoms. The molecule has 4 rings (SSSR count). The van der Waals surface area contributed by atoms with Crippen LogP contribution in [0, 0.1) is 0 Å². The van der Waals surface area contributed by atoms with Crippen LogP contribution < -0.4 is 11.3 Å². The van der Waals surface area contributed by atoms with E-state index < -0.39 is 21.6 Å². The van der Waals surface area contributed by atoms with Crippen molar-refractivity contribution >= 4 is 26.8 Å². The number of benzene rings is 2. The third-order valence-electron chi connectivity index (χ3n) is 5.13. The van der Waals surface area contributed by atoms with Crippen LogP contribution in [0.15, 0.2) is 70.5 Å². The molecule has 8 nitrogen and oxygen atoms in total. The lowest BCUT2D eigenvalue weighted by atomic mass is 10.2. The van der Waals surface area contributed by atoms with Crippen molar-refractivity contribution < 1.29 is 17.9 Å². The molecule has 0 unspecified atom stereocenters. The fourth-order valence-electron chi connectivity index (χ4n) is 3.51. The number of fused-ring (bicyclic) bond motifs is 1. The zero-order valence-electron chi connectivity index (χ0n) is 16.1. The first-order valence-corrected chi connectivity index (χ1v) is 10.9. The summed E-state index contributed by atoms with van der Waals surface area (Å²) < 4.78 is 33.9. The number of ether oxygens (including phenoxy) is 1. The Labute approximate surface area is 173 Å². The van der Waals surface area contributed by atoms with E-state index in [0.717, 1.165) is 0 Å². The van der Waals surface area contributed by atoms with Gasteiger partial charge < -0.3 is 10.5 Å². The summed E-state index contributed by atoms with van der Waals surface area (Å²) in [5.41, 5.74) is 5.79. The van der Waals surface area contributed by atoms with Gasteiger partial charge in [-0.2, -0.15) is 4.31 Å². The van der Waals surface area contributed by atoms with Gasteiger partial charge in [0.15, 0.2) is 6.73 Å². The van der Waals surface area contributed by atoms with Crippen LogP contribution in [0.2, 0.25) is 0 Å². The minimum absolute atomic E-state index is 0.0691. The molecule has 0 amide bonds. The molecule has 2 aromatic carbocycles. The summed E-state index contributed by atoms with van der Waals surface area (Å²) >= 11 is 0. The summed E-state index contributed by atoms with van der Waals surface area (Å²) in [6.45, 7) is 0.331. The minimum atomic E-state index is -3.77. The van der Waals surface area contributed by atoms with E-state index >= 15 is 0 Å². The van der Waals surface area contributed by atoms with Gasteiger partial charge >= 0.3 is 5.97 Å². The fraction of sp³-hybridized carbons (Fsp3) is 0.238. The van der Waals surface area contributed by atoms with Gasteiger partial charge in [-0.25, -0.2) is 13.2 Å². The van der Waals surface area contributed by atoms with Crippen LogP contribution in [0.4, 0.5) is 0 Å². The van der Waals surface area contributed by atoms with Crippen molar-refractivity contribution in [1.82, 2.24) is 8.87 Å². The maximum Gasteiger partial charge on any atom is 0.339 e. The van der Waals surface area contributed by atoms with Gasteiger partial charge in [0.25, 0.3) is 5.56 Å². The van der Waals surface area contributed by atoms with Crippen molar-refractivity contribution in [3.8, 4) is 0 Å². The van der Waals surface area contributed by atoms with E-state index in [2.05, 4.69) is 0 Å². The molecule has 0 bridgehead atoms. The molecule has 0 saturated carbocycles. The molecular formula is C21H21N3O5S. The van der Waals surface area contributed by atoms with E-state index in [9.17, 15) is 18.0 Å². The molecule has 1 fully saturated rings. The SMILES string of the molecule is N[C@H]1CCN(S(=O)(=O)c2cccc3c(=O)n(COC(=O)c4ccccc4)ccc23)C1. The second kappa shape index (κ2) is 8.02. The van der Waals surface area contributed by atoms with Crippen LogP contribution in [0.3, 0.4) is 0 Å². The Morgan fingerprint density at radius 2 is 1.83 bits per heavy atom. The molecule has 0 spiro atoms. The van der Waals surface area contributed by atoms with Crippen LogP contribution in [0.25, 0.3) is 10.8 Å². The lowest BCUT2D eigenvalue weighted by molar-refractivity contribution is 0.0367. The predicted octanol–water partition coefficient (Wildman–Crippen LogP) is 1.54. The van der Waals surface area contributed by atoms with Crippen molar-refractivity contribution in [1.29, 1.82) is 0 Å². The first-order valence-electron chi connectivity index (χ1n) is 9.48. The van der Waals surface area contributed by atoms with Crippen molar-refractivity contribution in [3.05, 3.63) is 76.7 Å². The molecule has 2 N–H and O–H groups in total. The Morgan fingerprint density at radius 1 is 1.07 bits per heavy atom. The topological polar surface area (TPSA) is 112 Å². The molecule has 30 heavy (non-hydrogen) atoms. The van der Waals surface area contributed by atoms with Crippen LogP contribution in [-0.4, -0.2) is 42.4 Å². The van der Waals surface area contributed by atoms with Gasteiger partial charge in [-0.15, -0.1) is 0 Å². The monoisotopic (exact) mass is 427 g/mol. The Hall–Kier alpha value is -3.01. The van der Waals surface area contributed by atoms with Gasteiger partial charge in [-0.1, -0.05) is 24.3 Å². The van der Waals surface area contributed by atoms with Gasteiger partial charge in [-0.3, -0.25) is 9.36 Å². The second-order valence-electron chi connectivity index (χ2n) is 7.15. The normalized spacial score (nSPS) is 17.3. The predicted molar refractivity (Wildman–Crippen MR) is 111 cm³/mol. The van der Waals surface area contributed by atoms with E-state index in [1.54, 1.807) is 42.5 Å². The minimum Gasteiger partial charge on any atom is -0.440 e. The van der Waals surface area contributed by atoms with E-state index in [1.807, 2.05) is 0 Å². The van der Waals surface area contributed by atoms with Crippen molar-refractivity contribution in [2.24, 2.45) is 5.73 Å². The van der Waals surface area contributed by atoms with Gasteiger partial charge in [0, 0.05) is 36.1 Å². The van der Waals surface area contributed by atoms with Crippen LogP contribution in [-0.2, 0) is 21.5 Å². The smallest absolute Gasteiger partial charge is 0.339 e. The molecule has 3 aromatic rings. The average Bonchev–Trinajstić information content (AvgIpc) is 3.20. The number of sulfonamides is 1. The molecule has 1 saturated heterocycles. The lowest BCUT2D eigenvalue weighted by Gasteiger charge is -2.17. The van der Waals surface area contributed by atoms with Crippen molar-refractivity contribution in [2.45, 2.75) is 24.1 Å². The molecular weight excluding hydrogens is 406 g/mol. The summed E-state index contributed by atoms with van der Waals surface area (Å²) in [5, 5.41) is 0.562. The highest BCUT2D eigenvalue weighted by molar-refractivity contribution is 7.89. The highest BCUT2D eigenvalue weighted by atomic mass is 32.2. The highest BCUT2D eigenvalue weighted by Gasteiger charge is 2.32. The van der Waals surface area contributed by atoms with Crippen LogP contribution in [0.1, 0.15) is 16.8 Å². The number of esters is 1. The Morgan fingerprint density at radius 3 is 2.53 bits per heavy atom. The molecule has 1 aliphatic rings. The van der Waals surface area contributed by atoms with E-state index in [-0.39, 0.29) is 29.6 Å². The molecule has 156 valence electrons. The first kappa shape index (κ1) is 20.3. The zero-order chi connectivity index (χ0) is 21.3. The summed E-state index contributed by atoms with van der Waals surface area (Å²) in [5.74, 6) is -0.552. The Kier molecular flexibility index (Phi) is 5.42. The summed E-state index contributed by atoms with van der Waals surface area (Å²) in [4.78, 5) is 25.1. The maximum atomic E-state index is 13.1. The van der Waals surface area contributed by atoms with Gasteiger partial charge in [0.2, 0.25) is 10.0 Å². The number of nitrogens with zero attached hydrogens (tertiary/aromatic N) is 2. The number of carbonyl (C=O) groups is 1. The fourth-order valence-corrected chi connectivity index (χ4v) is 5.23. The van der Waals surface area contributed by atoms with Gasteiger partial charge in [0.1, 0.15) is 0 Å². The van der Waals surface area contributed by atoms with E-state index in [1.165, 1.54) is 27.2 Å². The standard InChI is InChI=1S/C21H21N3O5S/c22-16-9-12-24(13-16)30(27,28)19-8-4-7-18-17(19)10-11-23(20(18)25)14-29-21(26)15-5-2-1-3-6-15/h1-8,10-11,16H,9,12-14,22H2/t16-/m0/s1. The molecule has 0 radical (unpaired) electrons. The number of rotatable bonds is 5. The van der Waals surface area contributed by atoms with Gasteiger partial charge in [0.05, 0.1) is 10.5 Å². The number of nitrogens with two attached hydrogens (primary N) is 1. The summed E-state index contributed by atoms with van der Waals surface area (Å²) in [6, 6.07) is 14.4. The van der Waals surface area contributed by atoms with Gasteiger partial charge in [-0.05, 0) is 36.8 Å². The quantitative estimate of drug-likeness (QED) is 0.618. The molecule has 2 heterocycles. The number of hydrogen-bond donors (Lipinski definition) is 1. The van der Waals surface area contributed by atoms with Crippen LogP contribution in [0.5, 0.6) is 0 Å². The number of carbonyl (C=O) groups excluding carboxylic acids is 1. The zero-order valence-corrected chi connectivity index (χ0v) is 16.9. The van der Waals surface area contributed by atoms with Crippen molar-refractivity contribution in [2.75, 3.05) is 13.1 Å². The lowest BCUT2D eigenvalue weighted by Crippen LogP contribution is -2.32. The number of hydrogen-bond acceptors (Lipinski definition) is 6. The maximum absolute atomic E-state index is 13.1. The highest BCUT2D eigenvalue weighted by Crippen LogP contribution is 2.26. The molecule has 1 aromatic heterocycles. The second-order valence-corrected chi connectivity index (χ2v) is 9.05. The van der Waals surface area contributed by atoms with Crippen LogP contribution >= 0.6 is 0 Å². The number of aromatic nitrogens is 1. The molecule has 0 aliphatic carbocycles. The largest absolute Gasteiger partial charge is 0.440 e. The number of pyridine rings is 1. The van der Waals surface area contributed by atoms with E-state index in [0.29, 0.717) is 23.9 Å². The third-order valence-corrected chi connectivity index (χ3v) is 7.05. The Bertz CT molecular complexity index is 1250. The molecule has 1 atom stereocenters. The molecule has 1 aliphatic heterocycles. The Balaban J connectivity index is 1.64. The average molecular weight is 427 g/mol. The summed E-state index contributed by atoms with van der Waals surface area (Å²) in [6.07, 6.45) is 2.03. The third kappa shape index (κ3) is 3.74. The van der Waals surface area contributed by atoms with Crippen molar-refractivity contribution in [3.63, 3.8) is 0 Å². The van der Waals surface area contributed by atoms with E-state index in [4.69, 9.17) is 10.5 Å². The summed E-state index contributed by atoms with van der Waals surface area (Å²) in [7, 11) is -3.77.